The number of hydrogen-bond donors (Lipinski definition) is 0. The van der Waals surface area contributed by atoms with Crippen LogP contribution < -0.4 is 0 Å². The highest BCUT2D eigenvalue weighted by Gasteiger charge is 2.24. The van der Waals surface area contributed by atoms with Gasteiger partial charge in [-0.05, 0) is 51.1 Å². The smallest absolute Gasteiger partial charge is 0.123 e. The van der Waals surface area contributed by atoms with Gasteiger partial charge in [-0.25, -0.2) is 4.68 Å². The third-order valence-electron chi connectivity index (χ3n) is 5.41. The fourth-order valence-corrected chi connectivity index (χ4v) is 4.20. The van der Waals surface area contributed by atoms with Crippen LogP contribution >= 0.6 is 11.6 Å². The van der Waals surface area contributed by atoms with Crippen LogP contribution in [0.1, 0.15) is 29.3 Å². The molecule has 0 N–H and O–H groups in total. The highest BCUT2D eigenvalue weighted by Crippen LogP contribution is 2.38. The van der Waals surface area contributed by atoms with Gasteiger partial charge in [0.05, 0.1) is 11.4 Å². The first-order chi connectivity index (χ1) is 13.2. The Hall–Kier alpha value is -2.30. The van der Waals surface area contributed by atoms with Crippen LogP contribution in [0, 0.1) is 13.8 Å². The summed E-state index contributed by atoms with van der Waals surface area (Å²) in [4.78, 5) is 4.62. The van der Waals surface area contributed by atoms with E-state index in [1.165, 1.54) is 0 Å². The van der Waals surface area contributed by atoms with Crippen LogP contribution in [0.4, 0.5) is 0 Å². The maximum atomic E-state index is 6.45. The number of benzene rings is 1. The highest BCUT2D eigenvalue weighted by atomic mass is 35.5. The minimum absolute atomic E-state index is 0.697. The van der Waals surface area contributed by atoms with Crippen molar-refractivity contribution in [3.05, 3.63) is 59.3 Å². The van der Waals surface area contributed by atoms with Crippen molar-refractivity contribution in [3.8, 4) is 11.3 Å². The Morgan fingerprint density at radius 3 is 2.36 bits per heavy atom. The van der Waals surface area contributed by atoms with Gasteiger partial charge in [-0.1, -0.05) is 43.0 Å². The zero-order valence-electron chi connectivity index (χ0n) is 17.3. The van der Waals surface area contributed by atoms with Crippen molar-refractivity contribution in [2.45, 2.75) is 20.8 Å². The second-order valence-corrected chi connectivity index (χ2v) is 8.03. The molecule has 0 amide bonds. The average molecular weight is 397 g/mol. The van der Waals surface area contributed by atoms with Gasteiger partial charge >= 0.3 is 0 Å². The summed E-state index contributed by atoms with van der Waals surface area (Å²) in [5.41, 5.74) is 7.10. The molecule has 0 unspecified atom stereocenters. The van der Waals surface area contributed by atoms with E-state index < -0.39 is 0 Å². The number of rotatable bonds is 5. The summed E-state index contributed by atoms with van der Waals surface area (Å²) in [6.45, 7) is 22.6. The van der Waals surface area contributed by atoms with Crippen LogP contribution in [0.15, 0.2) is 31.9 Å². The van der Waals surface area contributed by atoms with Crippen molar-refractivity contribution in [3.63, 3.8) is 0 Å². The summed E-state index contributed by atoms with van der Waals surface area (Å²) in [5.74, 6) is 0.879. The molecule has 1 aliphatic rings. The first-order valence-electron chi connectivity index (χ1n) is 9.55. The Bertz CT molecular complexity index is 946. The van der Waals surface area contributed by atoms with Gasteiger partial charge in [0.1, 0.15) is 5.82 Å². The van der Waals surface area contributed by atoms with E-state index in [1.807, 2.05) is 36.7 Å². The maximum absolute atomic E-state index is 6.45. The summed E-state index contributed by atoms with van der Waals surface area (Å²) < 4.78 is 1.95. The number of halogens is 1. The lowest BCUT2D eigenvalue weighted by atomic mass is 9.92. The molecule has 0 saturated carbocycles. The number of allylic oxidation sites excluding steroid dienone is 1. The minimum atomic E-state index is 0.697. The monoisotopic (exact) mass is 396 g/mol. The molecule has 0 bridgehead atoms. The zero-order chi connectivity index (χ0) is 20.6. The SMILES string of the molecule is C=Cc1c(C)nn(C(=C)N2CCN(C)CC2)c1-c1cc(Cl)cc(C)c1C(=C)C. The molecule has 0 radical (unpaired) electrons. The minimum Gasteiger partial charge on any atom is -0.354 e. The third-order valence-corrected chi connectivity index (χ3v) is 5.62. The summed E-state index contributed by atoms with van der Waals surface area (Å²) in [6.07, 6.45) is 1.86. The van der Waals surface area contributed by atoms with Crippen LogP contribution in [0.25, 0.3) is 28.7 Å². The van der Waals surface area contributed by atoms with Crippen LogP contribution in [-0.4, -0.2) is 52.8 Å². The molecule has 5 heteroatoms. The molecular formula is C23H29ClN4. The van der Waals surface area contributed by atoms with Gasteiger partial charge in [0.2, 0.25) is 0 Å². The van der Waals surface area contributed by atoms with Crippen LogP contribution in [-0.2, 0) is 0 Å². The van der Waals surface area contributed by atoms with Gasteiger partial charge in [-0.15, -0.1) is 0 Å². The molecule has 1 saturated heterocycles. The van der Waals surface area contributed by atoms with E-state index in [4.69, 9.17) is 16.7 Å². The number of likely N-dealkylation sites (N-methyl/N-ethyl adjacent to an activating group) is 1. The van der Waals surface area contributed by atoms with E-state index in [9.17, 15) is 0 Å². The fourth-order valence-electron chi connectivity index (χ4n) is 3.92. The van der Waals surface area contributed by atoms with Gasteiger partial charge < -0.3 is 9.80 Å². The summed E-state index contributed by atoms with van der Waals surface area (Å²) >= 11 is 6.45. The van der Waals surface area contributed by atoms with E-state index in [0.29, 0.717) is 5.02 Å². The van der Waals surface area contributed by atoms with Crippen molar-refractivity contribution in [2.75, 3.05) is 33.2 Å². The molecule has 1 aromatic heterocycles. The number of piperazine rings is 1. The number of hydrogen-bond acceptors (Lipinski definition) is 3. The molecule has 0 aliphatic carbocycles. The summed E-state index contributed by atoms with van der Waals surface area (Å²) in [7, 11) is 2.15. The highest BCUT2D eigenvalue weighted by molar-refractivity contribution is 6.31. The first kappa shape index (κ1) is 20.4. The van der Waals surface area contributed by atoms with Gasteiger partial charge in [0, 0.05) is 42.3 Å². The Morgan fingerprint density at radius 1 is 1.14 bits per heavy atom. The molecule has 2 aromatic rings. The van der Waals surface area contributed by atoms with Crippen molar-refractivity contribution in [1.29, 1.82) is 0 Å². The first-order valence-corrected chi connectivity index (χ1v) is 9.93. The molecule has 4 nitrogen and oxygen atoms in total. The quantitative estimate of drug-likeness (QED) is 0.696. The number of aromatic nitrogens is 2. The van der Waals surface area contributed by atoms with E-state index in [-0.39, 0.29) is 0 Å². The third kappa shape index (κ3) is 3.67. The molecule has 148 valence electrons. The predicted molar refractivity (Wildman–Crippen MR) is 121 cm³/mol. The van der Waals surface area contributed by atoms with Gasteiger partial charge in [-0.3, -0.25) is 0 Å². The molecule has 28 heavy (non-hydrogen) atoms. The second kappa shape index (κ2) is 7.98. The number of aryl methyl sites for hydroxylation is 2. The van der Waals surface area contributed by atoms with E-state index in [1.54, 1.807) is 0 Å². The standard InChI is InChI=1S/C23H29ClN4/c1-8-20-17(5)25-28(18(6)27-11-9-26(7)10-12-27)23(20)21-14-19(24)13-16(4)22(21)15(2)3/h8,13-14H,1-2,6,9-12H2,3-5,7H3. The lowest BCUT2D eigenvalue weighted by Gasteiger charge is -2.35. The molecule has 0 atom stereocenters. The van der Waals surface area contributed by atoms with Crippen LogP contribution in [0.2, 0.25) is 5.02 Å². The summed E-state index contributed by atoms with van der Waals surface area (Å²) in [5, 5.41) is 5.53. The van der Waals surface area contributed by atoms with Crippen molar-refractivity contribution >= 4 is 29.1 Å². The van der Waals surface area contributed by atoms with Crippen molar-refractivity contribution < 1.29 is 0 Å². The molecular weight excluding hydrogens is 368 g/mol. The van der Waals surface area contributed by atoms with Crippen molar-refractivity contribution in [1.82, 2.24) is 19.6 Å². The molecule has 1 fully saturated rings. The second-order valence-electron chi connectivity index (χ2n) is 7.60. The topological polar surface area (TPSA) is 24.3 Å². The molecule has 0 spiro atoms. The van der Waals surface area contributed by atoms with Crippen LogP contribution in [0.3, 0.4) is 0 Å². The van der Waals surface area contributed by atoms with Crippen LogP contribution in [0.5, 0.6) is 0 Å². The van der Waals surface area contributed by atoms with E-state index in [0.717, 1.165) is 71.2 Å². The van der Waals surface area contributed by atoms with Gasteiger partial charge in [-0.2, -0.15) is 5.10 Å². The molecule has 1 aliphatic heterocycles. The van der Waals surface area contributed by atoms with E-state index in [2.05, 4.69) is 43.5 Å². The Kier molecular flexibility index (Phi) is 5.82. The zero-order valence-corrected chi connectivity index (χ0v) is 18.1. The van der Waals surface area contributed by atoms with Crippen molar-refractivity contribution in [2.24, 2.45) is 0 Å². The predicted octanol–water partition coefficient (Wildman–Crippen LogP) is 5.17. The van der Waals surface area contributed by atoms with Gasteiger partial charge in [0.15, 0.2) is 0 Å². The van der Waals surface area contributed by atoms with E-state index >= 15 is 0 Å². The Labute approximate surface area is 173 Å². The summed E-state index contributed by atoms with van der Waals surface area (Å²) in [6, 6.07) is 3.97. The molecule has 3 rings (SSSR count). The lowest BCUT2D eigenvalue weighted by molar-refractivity contribution is 0.201. The Morgan fingerprint density at radius 2 is 1.79 bits per heavy atom. The number of nitrogens with zero attached hydrogens (tertiary/aromatic N) is 4. The van der Waals surface area contributed by atoms with Gasteiger partial charge in [0.25, 0.3) is 0 Å². The lowest BCUT2D eigenvalue weighted by Crippen LogP contribution is -2.44. The fraction of sp³-hybridized carbons (Fsp3) is 0.348. The Balaban J connectivity index is 2.21. The molecule has 1 aromatic carbocycles. The molecule has 2 heterocycles. The normalized spacial score (nSPS) is 15.0. The largest absolute Gasteiger partial charge is 0.354 e. The maximum Gasteiger partial charge on any atom is 0.123 e. The average Bonchev–Trinajstić information content (AvgIpc) is 2.96.